The lowest BCUT2D eigenvalue weighted by molar-refractivity contribution is 0.0896. The zero-order chi connectivity index (χ0) is 15.2. The Bertz CT molecular complexity index is 542. The molecule has 1 saturated heterocycles. The van der Waals surface area contributed by atoms with Gasteiger partial charge in [0.1, 0.15) is 6.61 Å². The maximum atomic E-state index is 12.2. The van der Waals surface area contributed by atoms with Gasteiger partial charge < -0.3 is 15.3 Å². The largest absolute Gasteiger partial charge is 0.384 e. The van der Waals surface area contributed by atoms with Crippen molar-refractivity contribution in [2.24, 2.45) is 0 Å². The summed E-state index contributed by atoms with van der Waals surface area (Å²) in [6.07, 6.45) is 1.98. The molecule has 4 nitrogen and oxygen atoms in total. The number of hydrogen-bond acceptors (Lipinski definition) is 3. The van der Waals surface area contributed by atoms with Crippen molar-refractivity contribution < 1.29 is 9.90 Å². The Kier molecular flexibility index (Phi) is 5.38. The van der Waals surface area contributed by atoms with Gasteiger partial charge in [0.25, 0.3) is 5.91 Å². The minimum Gasteiger partial charge on any atom is -0.384 e. The molecule has 0 spiro atoms. The number of amides is 1. The molecular weight excluding hydrogens is 264 g/mol. The number of hydrogen-bond donors (Lipinski definition) is 2. The molecule has 2 atom stereocenters. The number of likely N-dealkylation sites (tertiary alicyclic amines) is 1. The Balaban J connectivity index is 1.94. The standard InChI is InChI=1S/C17H22N2O2/c1-13-12-16(9-10-19(13)2)18-17(21)15-7-5-14(6-8-15)4-3-11-20/h5-8,13,16,20H,9-12H2,1-2H3,(H,18,21). The summed E-state index contributed by atoms with van der Waals surface area (Å²) in [6, 6.07) is 7.89. The molecule has 1 amide bonds. The summed E-state index contributed by atoms with van der Waals surface area (Å²) in [7, 11) is 2.12. The van der Waals surface area contributed by atoms with Gasteiger partial charge in [-0.05, 0) is 51.1 Å². The van der Waals surface area contributed by atoms with Crippen LogP contribution in [-0.2, 0) is 0 Å². The summed E-state index contributed by atoms with van der Waals surface area (Å²) < 4.78 is 0. The van der Waals surface area contributed by atoms with E-state index in [4.69, 9.17) is 5.11 Å². The predicted molar refractivity (Wildman–Crippen MR) is 83.0 cm³/mol. The quantitative estimate of drug-likeness (QED) is 0.804. The SMILES string of the molecule is CC1CC(NC(=O)c2ccc(C#CCO)cc2)CCN1C. The summed E-state index contributed by atoms with van der Waals surface area (Å²) in [5.74, 6) is 5.37. The van der Waals surface area contributed by atoms with Crippen molar-refractivity contribution in [3.05, 3.63) is 35.4 Å². The number of rotatable bonds is 2. The second kappa shape index (κ2) is 7.26. The Morgan fingerprint density at radius 2 is 2.14 bits per heavy atom. The van der Waals surface area contributed by atoms with E-state index in [1.807, 2.05) is 0 Å². The van der Waals surface area contributed by atoms with Gasteiger partial charge >= 0.3 is 0 Å². The molecule has 2 rings (SSSR count). The maximum absolute atomic E-state index is 12.2. The van der Waals surface area contributed by atoms with Crippen LogP contribution >= 0.6 is 0 Å². The van der Waals surface area contributed by atoms with Crippen LogP contribution in [0.5, 0.6) is 0 Å². The summed E-state index contributed by atoms with van der Waals surface area (Å²) in [4.78, 5) is 14.5. The molecule has 112 valence electrons. The second-order valence-electron chi connectivity index (χ2n) is 5.56. The van der Waals surface area contributed by atoms with E-state index in [1.165, 1.54) is 0 Å². The number of aliphatic hydroxyl groups excluding tert-OH is 1. The highest BCUT2D eigenvalue weighted by Gasteiger charge is 2.24. The lowest BCUT2D eigenvalue weighted by Crippen LogP contribution is -2.47. The Morgan fingerprint density at radius 3 is 2.76 bits per heavy atom. The van der Waals surface area contributed by atoms with Crippen LogP contribution in [0.2, 0.25) is 0 Å². The van der Waals surface area contributed by atoms with Crippen LogP contribution in [-0.4, -0.2) is 48.2 Å². The number of aliphatic hydroxyl groups is 1. The van der Waals surface area contributed by atoms with Crippen LogP contribution in [0.15, 0.2) is 24.3 Å². The van der Waals surface area contributed by atoms with Crippen molar-refractivity contribution in [2.45, 2.75) is 31.8 Å². The van der Waals surface area contributed by atoms with Crippen LogP contribution in [0.3, 0.4) is 0 Å². The van der Waals surface area contributed by atoms with Crippen molar-refractivity contribution in [1.29, 1.82) is 0 Å². The van der Waals surface area contributed by atoms with Gasteiger partial charge in [-0.3, -0.25) is 4.79 Å². The first-order valence-corrected chi connectivity index (χ1v) is 7.31. The number of carbonyl (C=O) groups excluding carboxylic acids is 1. The van der Waals surface area contributed by atoms with E-state index in [1.54, 1.807) is 24.3 Å². The Labute approximate surface area is 126 Å². The van der Waals surface area contributed by atoms with Gasteiger partial charge in [-0.1, -0.05) is 11.8 Å². The number of carbonyl (C=O) groups is 1. The summed E-state index contributed by atoms with van der Waals surface area (Å²) in [6.45, 7) is 3.05. The first-order chi connectivity index (χ1) is 10.1. The van der Waals surface area contributed by atoms with Crippen molar-refractivity contribution in [3.63, 3.8) is 0 Å². The van der Waals surface area contributed by atoms with E-state index in [9.17, 15) is 4.79 Å². The number of benzene rings is 1. The van der Waals surface area contributed by atoms with Crippen LogP contribution in [0.4, 0.5) is 0 Å². The number of nitrogens with one attached hydrogen (secondary N) is 1. The maximum Gasteiger partial charge on any atom is 0.251 e. The molecule has 1 aliphatic rings. The van der Waals surface area contributed by atoms with Gasteiger partial charge in [-0.15, -0.1) is 0 Å². The first-order valence-electron chi connectivity index (χ1n) is 7.31. The van der Waals surface area contributed by atoms with Gasteiger partial charge in [0.15, 0.2) is 0 Å². The highest BCUT2D eigenvalue weighted by molar-refractivity contribution is 5.94. The lowest BCUT2D eigenvalue weighted by Gasteiger charge is -2.35. The zero-order valence-electron chi connectivity index (χ0n) is 12.6. The molecule has 1 fully saturated rings. The van der Waals surface area contributed by atoms with E-state index >= 15 is 0 Å². The number of nitrogens with zero attached hydrogens (tertiary/aromatic N) is 1. The molecule has 0 saturated carbocycles. The predicted octanol–water partition coefficient (Wildman–Crippen LogP) is 1.24. The minimum atomic E-state index is -0.156. The van der Waals surface area contributed by atoms with E-state index < -0.39 is 0 Å². The van der Waals surface area contributed by atoms with Gasteiger partial charge in [-0.2, -0.15) is 0 Å². The summed E-state index contributed by atoms with van der Waals surface area (Å²) >= 11 is 0. The van der Waals surface area contributed by atoms with Crippen LogP contribution in [0, 0.1) is 11.8 Å². The summed E-state index contributed by atoms with van der Waals surface area (Å²) in [5, 5.41) is 11.8. The molecule has 2 unspecified atom stereocenters. The van der Waals surface area contributed by atoms with Gasteiger partial charge in [0, 0.05) is 29.8 Å². The molecule has 0 aromatic heterocycles. The highest BCUT2D eigenvalue weighted by Crippen LogP contribution is 2.16. The smallest absolute Gasteiger partial charge is 0.251 e. The molecule has 0 radical (unpaired) electrons. The fourth-order valence-corrected chi connectivity index (χ4v) is 2.54. The molecule has 0 aliphatic carbocycles. The van der Waals surface area contributed by atoms with E-state index in [-0.39, 0.29) is 18.6 Å². The van der Waals surface area contributed by atoms with E-state index in [2.05, 4.69) is 36.0 Å². The van der Waals surface area contributed by atoms with Crippen LogP contribution in [0.1, 0.15) is 35.7 Å². The second-order valence-corrected chi connectivity index (χ2v) is 5.56. The van der Waals surface area contributed by atoms with Crippen molar-refractivity contribution in [3.8, 4) is 11.8 Å². The third kappa shape index (κ3) is 4.32. The molecule has 0 bridgehead atoms. The van der Waals surface area contributed by atoms with Gasteiger partial charge in [0.05, 0.1) is 0 Å². The van der Waals surface area contributed by atoms with Gasteiger partial charge in [0.2, 0.25) is 0 Å². The minimum absolute atomic E-state index is 0.0292. The van der Waals surface area contributed by atoms with Gasteiger partial charge in [-0.25, -0.2) is 0 Å². The fourth-order valence-electron chi connectivity index (χ4n) is 2.54. The number of piperidine rings is 1. The average Bonchev–Trinajstić information content (AvgIpc) is 2.49. The fraction of sp³-hybridized carbons (Fsp3) is 0.471. The molecule has 1 aromatic carbocycles. The first kappa shape index (κ1) is 15.6. The van der Waals surface area contributed by atoms with Crippen LogP contribution < -0.4 is 5.32 Å². The van der Waals surface area contributed by atoms with Crippen molar-refractivity contribution >= 4 is 5.91 Å². The van der Waals surface area contributed by atoms with E-state index in [0.717, 1.165) is 24.9 Å². The van der Waals surface area contributed by atoms with Crippen molar-refractivity contribution in [1.82, 2.24) is 10.2 Å². The third-order valence-electron chi connectivity index (χ3n) is 4.00. The third-order valence-corrected chi connectivity index (χ3v) is 4.00. The normalized spacial score (nSPS) is 22.2. The highest BCUT2D eigenvalue weighted by atomic mass is 16.2. The molecule has 4 heteroatoms. The summed E-state index contributed by atoms with van der Waals surface area (Å²) in [5.41, 5.74) is 1.45. The molecule has 2 N–H and O–H groups in total. The Hall–Kier alpha value is -1.83. The monoisotopic (exact) mass is 286 g/mol. The van der Waals surface area contributed by atoms with Crippen molar-refractivity contribution in [2.75, 3.05) is 20.2 Å². The molecule has 1 aliphatic heterocycles. The van der Waals surface area contributed by atoms with E-state index in [0.29, 0.717) is 11.6 Å². The molecule has 1 aromatic rings. The topological polar surface area (TPSA) is 52.6 Å². The Morgan fingerprint density at radius 1 is 1.43 bits per heavy atom. The molecule has 1 heterocycles. The zero-order valence-corrected chi connectivity index (χ0v) is 12.6. The molecule has 21 heavy (non-hydrogen) atoms. The average molecular weight is 286 g/mol. The molecular formula is C17H22N2O2. The van der Waals surface area contributed by atoms with Crippen LogP contribution in [0.25, 0.3) is 0 Å². The lowest BCUT2D eigenvalue weighted by atomic mass is 9.98.